The van der Waals surface area contributed by atoms with E-state index in [-0.39, 0.29) is 11.6 Å². The van der Waals surface area contributed by atoms with Crippen molar-refractivity contribution in [2.24, 2.45) is 0 Å². The van der Waals surface area contributed by atoms with Gasteiger partial charge in [0.05, 0.1) is 30.7 Å². The molecule has 1 unspecified atom stereocenters. The molecule has 1 heterocycles. The van der Waals surface area contributed by atoms with Gasteiger partial charge in [0, 0.05) is 19.2 Å². The maximum atomic E-state index is 5.66. The SMILES string of the molecule is COCC(C)OCc1cccc(CNC(C)(C)C)n1. The van der Waals surface area contributed by atoms with E-state index >= 15 is 0 Å². The van der Waals surface area contributed by atoms with Crippen LogP contribution in [0.4, 0.5) is 0 Å². The lowest BCUT2D eigenvalue weighted by atomic mass is 10.1. The Morgan fingerprint density at radius 1 is 1.26 bits per heavy atom. The molecule has 1 aromatic heterocycles. The second-order valence-electron chi connectivity index (χ2n) is 5.80. The van der Waals surface area contributed by atoms with Crippen molar-refractivity contribution in [1.82, 2.24) is 10.3 Å². The highest BCUT2D eigenvalue weighted by Crippen LogP contribution is 2.06. The van der Waals surface area contributed by atoms with E-state index in [2.05, 4.69) is 31.1 Å². The van der Waals surface area contributed by atoms with Gasteiger partial charge in [-0.15, -0.1) is 0 Å². The highest BCUT2D eigenvalue weighted by atomic mass is 16.5. The molecule has 0 aliphatic carbocycles. The second-order valence-corrected chi connectivity index (χ2v) is 5.80. The molecule has 0 bridgehead atoms. The minimum Gasteiger partial charge on any atom is -0.382 e. The fourth-order valence-corrected chi connectivity index (χ4v) is 1.57. The number of hydrogen-bond acceptors (Lipinski definition) is 4. The molecule has 0 saturated carbocycles. The van der Waals surface area contributed by atoms with Gasteiger partial charge >= 0.3 is 0 Å². The molecule has 1 aromatic rings. The Balaban J connectivity index is 2.48. The normalized spacial score (nSPS) is 13.5. The average molecular weight is 266 g/mol. The summed E-state index contributed by atoms with van der Waals surface area (Å²) in [7, 11) is 1.68. The minimum absolute atomic E-state index is 0.0863. The van der Waals surface area contributed by atoms with E-state index in [4.69, 9.17) is 9.47 Å². The number of rotatable bonds is 7. The van der Waals surface area contributed by atoms with Gasteiger partial charge in [0.15, 0.2) is 0 Å². The monoisotopic (exact) mass is 266 g/mol. The molecule has 0 aliphatic rings. The molecule has 4 heteroatoms. The van der Waals surface area contributed by atoms with Crippen molar-refractivity contribution < 1.29 is 9.47 Å². The third kappa shape index (κ3) is 7.25. The van der Waals surface area contributed by atoms with Crippen LogP contribution in [0.3, 0.4) is 0 Å². The van der Waals surface area contributed by atoms with E-state index in [0.29, 0.717) is 13.2 Å². The van der Waals surface area contributed by atoms with Gasteiger partial charge in [-0.25, -0.2) is 0 Å². The number of nitrogens with zero attached hydrogens (tertiary/aromatic N) is 1. The van der Waals surface area contributed by atoms with Crippen LogP contribution in [0.2, 0.25) is 0 Å². The fraction of sp³-hybridized carbons (Fsp3) is 0.667. The Kier molecular flexibility index (Phi) is 6.42. The first-order chi connectivity index (χ1) is 8.90. The van der Waals surface area contributed by atoms with E-state index in [9.17, 15) is 0 Å². The highest BCUT2D eigenvalue weighted by Gasteiger charge is 2.09. The third-order valence-electron chi connectivity index (χ3n) is 2.58. The Hall–Kier alpha value is -0.970. The Morgan fingerprint density at radius 3 is 2.58 bits per heavy atom. The lowest BCUT2D eigenvalue weighted by Crippen LogP contribution is -2.35. The lowest BCUT2D eigenvalue weighted by Gasteiger charge is -2.20. The molecule has 0 aliphatic heterocycles. The number of methoxy groups -OCH3 is 1. The maximum absolute atomic E-state index is 5.66. The Bertz CT molecular complexity index is 375. The van der Waals surface area contributed by atoms with Gasteiger partial charge in [-0.2, -0.15) is 0 Å². The molecular formula is C15H26N2O2. The van der Waals surface area contributed by atoms with Gasteiger partial charge in [-0.3, -0.25) is 4.98 Å². The number of pyridine rings is 1. The molecule has 0 spiro atoms. The molecule has 0 fully saturated rings. The van der Waals surface area contributed by atoms with Crippen molar-refractivity contribution >= 4 is 0 Å². The van der Waals surface area contributed by atoms with Crippen LogP contribution in [-0.4, -0.2) is 30.3 Å². The van der Waals surface area contributed by atoms with E-state index < -0.39 is 0 Å². The predicted octanol–water partition coefficient (Wildman–Crippen LogP) is 2.52. The number of aromatic nitrogens is 1. The summed E-state index contributed by atoms with van der Waals surface area (Å²) in [5.74, 6) is 0. The molecule has 19 heavy (non-hydrogen) atoms. The standard InChI is InChI=1S/C15H26N2O2/c1-12(10-18-5)19-11-14-8-6-7-13(17-14)9-16-15(2,3)4/h6-8,12,16H,9-11H2,1-5H3. The zero-order valence-electron chi connectivity index (χ0n) is 12.7. The average Bonchev–Trinajstić information content (AvgIpc) is 2.34. The van der Waals surface area contributed by atoms with E-state index in [0.717, 1.165) is 17.9 Å². The van der Waals surface area contributed by atoms with Crippen LogP contribution in [0.25, 0.3) is 0 Å². The number of nitrogens with one attached hydrogen (secondary N) is 1. The zero-order valence-corrected chi connectivity index (χ0v) is 12.7. The van der Waals surface area contributed by atoms with Crippen LogP contribution >= 0.6 is 0 Å². The predicted molar refractivity (Wildman–Crippen MR) is 77.0 cm³/mol. The van der Waals surface area contributed by atoms with Crippen LogP contribution in [0, 0.1) is 0 Å². The molecule has 108 valence electrons. The van der Waals surface area contributed by atoms with Crippen molar-refractivity contribution in [3.8, 4) is 0 Å². The first-order valence-corrected chi connectivity index (χ1v) is 6.71. The van der Waals surface area contributed by atoms with Crippen molar-refractivity contribution in [3.05, 3.63) is 29.6 Å². The van der Waals surface area contributed by atoms with Gasteiger partial charge in [0.2, 0.25) is 0 Å². The van der Waals surface area contributed by atoms with Gasteiger partial charge < -0.3 is 14.8 Å². The van der Waals surface area contributed by atoms with E-state index in [1.807, 2.05) is 25.1 Å². The summed E-state index contributed by atoms with van der Waals surface area (Å²) >= 11 is 0. The molecule has 0 saturated heterocycles. The molecule has 1 rings (SSSR count). The summed E-state index contributed by atoms with van der Waals surface area (Å²) in [6.07, 6.45) is 0.0863. The molecule has 0 aromatic carbocycles. The molecule has 1 atom stereocenters. The summed E-state index contributed by atoms with van der Waals surface area (Å²) < 4.78 is 10.7. The topological polar surface area (TPSA) is 43.4 Å². The quantitative estimate of drug-likeness (QED) is 0.823. The second kappa shape index (κ2) is 7.58. The minimum atomic E-state index is 0.0863. The summed E-state index contributed by atoms with van der Waals surface area (Å²) in [6.45, 7) is 10.3. The van der Waals surface area contributed by atoms with Crippen LogP contribution in [0.15, 0.2) is 18.2 Å². The maximum Gasteiger partial charge on any atom is 0.0892 e. The van der Waals surface area contributed by atoms with Gasteiger partial charge in [-0.05, 0) is 39.8 Å². The van der Waals surface area contributed by atoms with Crippen LogP contribution in [-0.2, 0) is 22.6 Å². The lowest BCUT2D eigenvalue weighted by molar-refractivity contribution is -0.00142. The van der Waals surface area contributed by atoms with Gasteiger partial charge in [-0.1, -0.05) is 6.07 Å². The highest BCUT2D eigenvalue weighted by molar-refractivity contribution is 5.10. The van der Waals surface area contributed by atoms with Crippen LogP contribution in [0.1, 0.15) is 39.1 Å². The largest absolute Gasteiger partial charge is 0.382 e. The van der Waals surface area contributed by atoms with Crippen molar-refractivity contribution in [3.63, 3.8) is 0 Å². The molecule has 0 radical (unpaired) electrons. The van der Waals surface area contributed by atoms with E-state index in [1.54, 1.807) is 7.11 Å². The number of ether oxygens (including phenoxy) is 2. The Morgan fingerprint density at radius 2 is 1.95 bits per heavy atom. The first kappa shape index (κ1) is 16.1. The van der Waals surface area contributed by atoms with Gasteiger partial charge in [0.25, 0.3) is 0 Å². The van der Waals surface area contributed by atoms with Crippen molar-refractivity contribution in [2.45, 2.75) is 52.5 Å². The summed E-state index contributed by atoms with van der Waals surface area (Å²) in [5.41, 5.74) is 2.09. The van der Waals surface area contributed by atoms with E-state index in [1.165, 1.54) is 0 Å². The summed E-state index contributed by atoms with van der Waals surface area (Å²) in [4.78, 5) is 4.58. The third-order valence-corrected chi connectivity index (χ3v) is 2.58. The van der Waals surface area contributed by atoms with Gasteiger partial charge in [0.1, 0.15) is 0 Å². The summed E-state index contributed by atoms with van der Waals surface area (Å²) in [5, 5.41) is 3.43. The fourth-order valence-electron chi connectivity index (χ4n) is 1.57. The number of hydrogen-bond donors (Lipinski definition) is 1. The van der Waals surface area contributed by atoms with Crippen LogP contribution < -0.4 is 5.32 Å². The molecule has 1 N–H and O–H groups in total. The van der Waals surface area contributed by atoms with Crippen LogP contribution in [0.5, 0.6) is 0 Å². The first-order valence-electron chi connectivity index (χ1n) is 6.71. The molecular weight excluding hydrogens is 240 g/mol. The Labute approximate surface area is 116 Å². The van der Waals surface area contributed by atoms with Crippen molar-refractivity contribution in [1.29, 1.82) is 0 Å². The van der Waals surface area contributed by atoms with Crippen molar-refractivity contribution in [2.75, 3.05) is 13.7 Å². The smallest absolute Gasteiger partial charge is 0.0892 e. The molecule has 0 amide bonds. The molecule has 4 nitrogen and oxygen atoms in total. The summed E-state index contributed by atoms with van der Waals surface area (Å²) in [6, 6.07) is 6.04. The zero-order chi connectivity index (χ0) is 14.3.